The number of hydrogen-bond acceptors (Lipinski definition) is 7. The molecule has 0 spiro atoms. The largest absolute Gasteiger partial charge is 0.416 e. The van der Waals surface area contributed by atoms with Gasteiger partial charge in [0.25, 0.3) is 0 Å². The van der Waals surface area contributed by atoms with Crippen molar-refractivity contribution < 1.29 is 17.7 Å². The topological polar surface area (TPSA) is 67.9 Å². The summed E-state index contributed by atoms with van der Waals surface area (Å²) in [4.78, 5) is 15.1. The molecule has 1 aromatic carbocycles. The molecule has 1 unspecified atom stereocenters. The molecule has 0 amide bonds. The lowest BCUT2D eigenvalue weighted by atomic mass is 10.0. The Bertz CT molecular complexity index is 1010. The van der Waals surface area contributed by atoms with Gasteiger partial charge in [-0.2, -0.15) is 18.2 Å². The first kappa shape index (κ1) is 20.6. The molecule has 3 heterocycles. The highest BCUT2D eigenvalue weighted by molar-refractivity contribution is 7.98. The molecule has 0 N–H and O–H groups in total. The maximum Gasteiger partial charge on any atom is 0.416 e. The highest BCUT2D eigenvalue weighted by Gasteiger charge is 2.30. The van der Waals surface area contributed by atoms with Gasteiger partial charge < -0.3 is 9.42 Å². The summed E-state index contributed by atoms with van der Waals surface area (Å²) in [6, 6.07) is 6.81. The smallest absolute Gasteiger partial charge is 0.356 e. The zero-order valence-electron chi connectivity index (χ0n) is 16.3. The van der Waals surface area contributed by atoms with E-state index in [1.54, 1.807) is 6.33 Å². The fourth-order valence-electron chi connectivity index (χ4n) is 3.38. The van der Waals surface area contributed by atoms with Crippen LogP contribution < -0.4 is 4.90 Å². The fraction of sp³-hybridized carbons (Fsp3) is 0.400. The van der Waals surface area contributed by atoms with E-state index in [-0.39, 0.29) is 11.4 Å². The molecule has 6 nitrogen and oxygen atoms in total. The van der Waals surface area contributed by atoms with Crippen LogP contribution in [0.5, 0.6) is 0 Å². The van der Waals surface area contributed by atoms with E-state index in [4.69, 9.17) is 4.52 Å². The first-order chi connectivity index (χ1) is 14.4. The van der Waals surface area contributed by atoms with Crippen molar-refractivity contribution in [1.29, 1.82) is 0 Å². The molecule has 10 heteroatoms. The van der Waals surface area contributed by atoms with Crippen LogP contribution in [-0.2, 0) is 11.9 Å². The Hall–Kier alpha value is -2.62. The molecular formula is C20H20F3N5OS. The predicted molar refractivity (Wildman–Crippen MR) is 107 cm³/mol. The van der Waals surface area contributed by atoms with Gasteiger partial charge in [0.05, 0.1) is 11.3 Å². The quantitative estimate of drug-likeness (QED) is 0.409. The molecule has 0 aliphatic carbocycles. The molecule has 0 bridgehead atoms. The van der Waals surface area contributed by atoms with Gasteiger partial charge in [0.1, 0.15) is 17.2 Å². The van der Waals surface area contributed by atoms with Crippen molar-refractivity contribution in [1.82, 2.24) is 20.1 Å². The van der Waals surface area contributed by atoms with Crippen molar-refractivity contribution >= 4 is 17.6 Å². The zero-order chi connectivity index (χ0) is 21.1. The van der Waals surface area contributed by atoms with Gasteiger partial charge in [-0.1, -0.05) is 36.0 Å². The SMILES string of the molecule is CC1CCCN(c2cc(SCc3nc(-c4cccc(C(F)(F)F)c4)no3)ncn2)C1. The molecule has 158 valence electrons. The number of piperidine rings is 1. The van der Waals surface area contributed by atoms with Crippen LogP contribution in [0.25, 0.3) is 11.4 Å². The monoisotopic (exact) mass is 435 g/mol. The maximum absolute atomic E-state index is 12.9. The number of benzene rings is 1. The van der Waals surface area contributed by atoms with E-state index >= 15 is 0 Å². The van der Waals surface area contributed by atoms with E-state index < -0.39 is 11.7 Å². The Kier molecular flexibility index (Phi) is 5.94. The van der Waals surface area contributed by atoms with Crippen LogP contribution >= 0.6 is 11.8 Å². The standard InChI is InChI=1S/C20H20F3N5OS/c1-13-4-3-7-28(10-13)16-9-18(25-12-24-16)30-11-17-26-19(27-29-17)14-5-2-6-15(8-14)20(21,22)23/h2,5-6,8-9,12-13H,3-4,7,10-11H2,1H3. The minimum atomic E-state index is -4.42. The minimum absolute atomic E-state index is 0.127. The summed E-state index contributed by atoms with van der Waals surface area (Å²) in [5, 5.41) is 4.59. The first-order valence-corrected chi connectivity index (χ1v) is 10.6. The number of nitrogens with zero attached hydrogens (tertiary/aromatic N) is 5. The maximum atomic E-state index is 12.9. The molecule has 3 aromatic rings. The van der Waals surface area contributed by atoms with Crippen LogP contribution in [0.4, 0.5) is 19.0 Å². The van der Waals surface area contributed by atoms with Crippen LogP contribution in [-0.4, -0.2) is 33.2 Å². The number of rotatable bonds is 5. The van der Waals surface area contributed by atoms with Crippen LogP contribution in [0.3, 0.4) is 0 Å². The van der Waals surface area contributed by atoms with Gasteiger partial charge in [0.2, 0.25) is 11.7 Å². The lowest BCUT2D eigenvalue weighted by Gasteiger charge is -2.31. The summed E-state index contributed by atoms with van der Waals surface area (Å²) in [7, 11) is 0. The molecule has 0 saturated carbocycles. The van der Waals surface area contributed by atoms with Crippen LogP contribution in [0.15, 0.2) is 46.2 Å². The molecule has 1 atom stereocenters. The van der Waals surface area contributed by atoms with Crippen molar-refractivity contribution in [2.45, 2.75) is 36.7 Å². The summed E-state index contributed by atoms with van der Waals surface area (Å²) in [5.41, 5.74) is -0.491. The highest BCUT2D eigenvalue weighted by atomic mass is 32.2. The Labute approximate surface area is 175 Å². The number of halogens is 3. The van der Waals surface area contributed by atoms with Gasteiger partial charge in [-0.05, 0) is 30.9 Å². The summed E-state index contributed by atoms with van der Waals surface area (Å²) in [6.45, 7) is 4.20. The number of alkyl halides is 3. The second kappa shape index (κ2) is 8.63. The van der Waals surface area contributed by atoms with E-state index in [0.717, 1.165) is 42.5 Å². The van der Waals surface area contributed by atoms with Crippen LogP contribution in [0.1, 0.15) is 31.2 Å². The molecule has 1 fully saturated rings. The molecule has 1 aliphatic heterocycles. The lowest BCUT2D eigenvalue weighted by molar-refractivity contribution is -0.137. The van der Waals surface area contributed by atoms with Crippen molar-refractivity contribution in [3.8, 4) is 11.4 Å². The van der Waals surface area contributed by atoms with Crippen molar-refractivity contribution in [3.63, 3.8) is 0 Å². The lowest BCUT2D eigenvalue weighted by Crippen LogP contribution is -2.34. The summed E-state index contributed by atoms with van der Waals surface area (Å²) < 4.78 is 43.9. The summed E-state index contributed by atoms with van der Waals surface area (Å²) in [5.74, 6) is 2.34. The summed E-state index contributed by atoms with van der Waals surface area (Å²) >= 11 is 1.41. The van der Waals surface area contributed by atoms with E-state index in [1.807, 2.05) is 6.07 Å². The Morgan fingerprint density at radius 1 is 1.23 bits per heavy atom. The Morgan fingerprint density at radius 2 is 2.10 bits per heavy atom. The average Bonchev–Trinajstić information content (AvgIpc) is 3.21. The number of hydrogen-bond donors (Lipinski definition) is 0. The second-order valence-electron chi connectivity index (χ2n) is 7.29. The molecule has 4 rings (SSSR count). The third-order valence-corrected chi connectivity index (χ3v) is 5.78. The van der Waals surface area contributed by atoms with Crippen molar-refractivity contribution in [2.24, 2.45) is 5.92 Å². The number of anilines is 1. The molecular weight excluding hydrogens is 415 g/mol. The number of aromatic nitrogens is 4. The highest BCUT2D eigenvalue weighted by Crippen LogP contribution is 2.32. The zero-order valence-corrected chi connectivity index (χ0v) is 17.1. The van der Waals surface area contributed by atoms with Gasteiger partial charge in [-0.15, -0.1) is 0 Å². The van der Waals surface area contributed by atoms with E-state index in [9.17, 15) is 13.2 Å². The van der Waals surface area contributed by atoms with Crippen LogP contribution in [0, 0.1) is 5.92 Å². The predicted octanol–water partition coefficient (Wildman–Crippen LogP) is 5.07. The normalized spacial score (nSPS) is 17.3. The third kappa shape index (κ3) is 4.92. The molecule has 30 heavy (non-hydrogen) atoms. The minimum Gasteiger partial charge on any atom is -0.356 e. The number of thioether (sulfide) groups is 1. The van der Waals surface area contributed by atoms with Crippen molar-refractivity contribution in [2.75, 3.05) is 18.0 Å². The molecule has 0 radical (unpaired) electrons. The van der Waals surface area contributed by atoms with Crippen LogP contribution in [0.2, 0.25) is 0 Å². The molecule has 2 aromatic heterocycles. The average molecular weight is 435 g/mol. The van der Waals surface area contributed by atoms with E-state index in [2.05, 4.69) is 31.9 Å². The van der Waals surface area contributed by atoms with Gasteiger partial charge in [-0.25, -0.2) is 9.97 Å². The van der Waals surface area contributed by atoms with Gasteiger partial charge in [0.15, 0.2) is 0 Å². The Balaban J connectivity index is 1.42. The Morgan fingerprint density at radius 3 is 2.90 bits per heavy atom. The molecule has 1 aliphatic rings. The van der Waals surface area contributed by atoms with E-state index in [0.29, 0.717) is 17.6 Å². The van der Waals surface area contributed by atoms with Gasteiger partial charge >= 0.3 is 6.18 Å². The summed E-state index contributed by atoms with van der Waals surface area (Å²) in [6.07, 6.45) is -0.503. The van der Waals surface area contributed by atoms with Gasteiger partial charge in [0, 0.05) is 24.7 Å². The molecule has 1 saturated heterocycles. The van der Waals surface area contributed by atoms with E-state index in [1.165, 1.54) is 30.3 Å². The fourth-order valence-corrected chi connectivity index (χ4v) is 4.08. The van der Waals surface area contributed by atoms with Gasteiger partial charge in [-0.3, -0.25) is 0 Å². The van der Waals surface area contributed by atoms with Crippen molar-refractivity contribution in [3.05, 3.63) is 48.1 Å². The second-order valence-corrected chi connectivity index (χ2v) is 8.28. The third-order valence-electron chi connectivity index (χ3n) is 4.87. The first-order valence-electron chi connectivity index (χ1n) is 9.58.